The summed E-state index contributed by atoms with van der Waals surface area (Å²) < 4.78 is 2.14. The Labute approximate surface area is 74.1 Å². The average molecular weight is 140 g/mol. The summed E-state index contributed by atoms with van der Waals surface area (Å²) in [5.41, 5.74) is 0. The van der Waals surface area contributed by atoms with Crippen LogP contribution < -0.4 is 0 Å². The number of unbranched alkanes of at least 4 members (excludes halogenated alkanes) is 1. The molecule has 0 unspecified atom stereocenters. The zero-order valence-corrected chi connectivity index (χ0v) is 8.48. The van der Waals surface area contributed by atoms with Gasteiger partial charge in [0.15, 0.2) is 0 Å². The molecule has 0 aliphatic heterocycles. The van der Waals surface area contributed by atoms with Gasteiger partial charge in [-0.15, -0.1) is 0 Å². The molecule has 0 spiro atoms. The van der Waals surface area contributed by atoms with Crippen molar-refractivity contribution in [3.8, 4) is 0 Å². The number of carbonyl (C=O) groups is 1. The van der Waals surface area contributed by atoms with Gasteiger partial charge in [0.1, 0.15) is 0 Å². The molecule has 0 atom stereocenters. The van der Waals surface area contributed by atoms with E-state index >= 15 is 0 Å². The molecule has 0 heterocycles. The SMILES string of the molecule is CCCCC(=O)O.[CH3][Na]. The Morgan fingerprint density at radius 1 is 1.56 bits per heavy atom. The minimum absolute atomic E-state index is 0.316. The van der Waals surface area contributed by atoms with E-state index in [1.54, 1.807) is 0 Å². The zero-order valence-electron chi connectivity index (χ0n) is 6.48. The van der Waals surface area contributed by atoms with Gasteiger partial charge in [0, 0.05) is 6.42 Å². The molecule has 1 N–H and O–H groups in total. The van der Waals surface area contributed by atoms with Crippen molar-refractivity contribution in [3.63, 3.8) is 0 Å². The zero-order chi connectivity index (χ0) is 7.70. The third kappa shape index (κ3) is 17.7. The van der Waals surface area contributed by atoms with E-state index in [0.29, 0.717) is 6.42 Å². The van der Waals surface area contributed by atoms with Crippen LogP contribution in [0.1, 0.15) is 26.2 Å². The first-order valence-corrected chi connectivity index (χ1v) is 5.49. The summed E-state index contributed by atoms with van der Waals surface area (Å²) in [7, 11) is 0. The molecular weight excluding hydrogens is 127 g/mol. The Bertz CT molecular complexity index is 64.1. The van der Waals surface area contributed by atoms with E-state index in [1.807, 2.05) is 6.92 Å². The van der Waals surface area contributed by atoms with Crippen molar-refractivity contribution < 1.29 is 9.90 Å². The summed E-state index contributed by atoms with van der Waals surface area (Å²) in [6.07, 6.45) is 2.08. The van der Waals surface area contributed by atoms with E-state index in [1.165, 1.54) is 27.9 Å². The molecule has 0 bridgehead atoms. The molecule has 0 saturated heterocycles. The van der Waals surface area contributed by atoms with Crippen molar-refractivity contribution in [1.82, 2.24) is 0 Å². The summed E-state index contributed by atoms with van der Waals surface area (Å²) in [6, 6.07) is 0. The van der Waals surface area contributed by atoms with Gasteiger partial charge >= 0.3 is 38.1 Å². The van der Waals surface area contributed by atoms with Gasteiger partial charge in [-0.05, 0) is 6.42 Å². The average Bonchev–Trinajstić information content (AvgIpc) is 1.88. The van der Waals surface area contributed by atoms with Crippen molar-refractivity contribution in [2.24, 2.45) is 0 Å². The molecule has 0 aliphatic carbocycles. The molecule has 9 heavy (non-hydrogen) atoms. The van der Waals surface area contributed by atoms with E-state index in [4.69, 9.17) is 5.11 Å². The Morgan fingerprint density at radius 2 is 2.00 bits per heavy atom. The fourth-order valence-electron chi connectivity index (χ4n) is 0.328. The van der Waals surface area contributed by atoms with Crippen molar-refractivity contribution in [3.05, 3.63) is 0 Å². The monoisotopic (exact) mass is 140 g/mol. The van der Waals surface area contributed by atoms with Crippen molar-refractivity contribution in [2.45, 2.75) is 30.4 Å². The molecule has 50 valence electrons. The fourth-order valence-corrected chi connectivity index (χ4v) is 0.328. The van der Waals surface area contributed by atoms with Crippen LogP contribution in [0.2, 0.25) is 4.17 Å². The minimum atomic E-state index is -0.693. The van der Waals surface area contributed by atoms with Gasteiger partial charge in [-0.1, -0.05) is 13.3 Å². The molecule has 3 heteroatoms. The van der Waals surface area contributed by atoms with Crippen LogP contribution in [0.5, 0.6) is 0 Å². The second kappa shape index (κ2) is 11.3. The predicted octanol–water partition coefficient (Wildman–Crippen LogP) is 1.46. The van der Waals surface area contributed by atoms with Gasteiger partial charge in [-0.25, -0.2) is 0 Å². The normalized spacial score (nSPS) is 7.56. The van der Waals surface area contributed by atoms with Crippen LogP contribution in [0.3, 0.4) is 0 Å². The third-order valence-corrected chi connectivity index (χ3v) is 0.744. The summed E-state index contributed by atoms with van der Waals surface area (Å²) in [4.78, 5) is 9.76. The summed E-state index contributed by atoms with van der Waals surface area (Å²) >= 11 is 1.31. The van der Waals surface area contributed by atoms with Crippen LogP contribution in [0.25, 0.3) is 0 Å². The van der Waals surface area contributed by atoms with Crippen LogP contribution in [-0.4, -0.2) is 39.0 Å². The van der Waals surface area contributed by atoms with Gasteiger partial charge in [0.2, 0.25) is 0 Å². The van der Waals surface area contributed by atoms with Gasteiger partial charge in [0.05, 0.1) is 0 Å². The number of hydrogen-bond acceptors (Lipinski definition) is 1. The number of rotatable bonds is 3. The first-order chi connectivity index (χ1) is 4.27. The maximum atomic E-state index is 9.76. The van der Waals surface area contributed by atoms with Crippen LogP contribution in [0.15, 0.2) is 0 Å². The van der Waals surface area contributed by atoms with E-state index in [2.05, 4.69) is 4.17 Å². The summed E-state index contributed by atoms with van der Waals surface area (Å²) in [6.45, 7) is 1.98. The fraction of sp³-hybridized carbons (Fsp3) is 0.833. The van der Waals surface area contributed by atoms with Gasteiger partial charge in [0.25, 0.3) is 0 Å². The Morgan fingerprint density at radius 3 is 2.11 bits per heavy atom. The van der Waals surface area contributed by atoms with Gasteiger partial charge < -0.3 is 5.11 Å². The first kappa shape index (κ1) is 12.2. The van der Waals surface area contributed by atoms with Crippen LogP contribution >= 0.6 is 0 Å². The Kier molecular flexibility index (Phi) is 15.3. The molecule has 0 rings (SSSR count). The molecule has 0 aromatic rings. The number of carboxylic acid groups (broad SMARTS) is 1. The second-order valence-electron chi connectivity index (χ2n) is 1.50. The van der Waals surface area contributed by atoms with E-state index in [0.717, 1.165) is 12.8 Å². The molecular formula is C6H13NaO2. The summed E-state index contributed by atoms with van der Waals surface area (Å²) in [5, 5.41) is 8.04. The van der Waals surface area contributed by atoms with E-state index in [-0.39, 0.29) is 0 Å². The van der Waals surface area contributed by atoms with Crippen LogP contribution in [0, 0.1) is 0 Å². The second-order valence-corrected chi connectivity index (χ2v) is 1.50. The molecule has 0 amide bonds. The quantitative estimate of drug-likeness (QED) is 0.602. The molecule has 0 aromatic carbocycles. The Hall–Kier alpha value is 0.470. The van der Waals surface area contributed by atoms with Crippen LogP contribution in [-0.2, 0) is 4.79 Å². The molecule has 0 saturated carbocycles. The first-order valence-electron chi connectivity index (χ1n) is 3.49. The molecule has 0 aliphatic rings. The molecule has 0 radical (unpaired) electrons. The standard InChI is InChI=1S/C5H10O2.CH3.Na/c1-2-3-4-5(6)7;;/h2-4H2,1H3,(H,6,7);1H3;. The van der Waals surface area contributed by atoms with Gasteiger partial charge in [-0.3, -0.25) is 4.79 Å². The van der Waals surface area contributed by atoms with Crippen molar-refractivity contribution in [2.75, 3.05) is 0 Å². The molecule has 2 nitrogen and oxygen atoms in total. The molecule has 0 fully saturated rings. The Balaban J connectivity index is 0. The van der Waals surface area contributed by atoms with Gasteiger partial charge in [-0.2, -0.15) is 0 Å². The number of carboxylic acids is 1. The van der Waals surface area contributed by atoms with Crippen LogP contribution in [0.4, 0.5) is 0 Å². The number of aliphatic carboxylic acids is 1. The van der Waals surface area contributed by atoms with Crippen molar-refractivity contribution in [1.29, 1.82) is 0 Å². The maximum absolute atomic E-state index is 9.76. The number of hydrogen-bond donors (Lipinski definition) is 1. The molecule has 0 aromatic heterocycles. The third-order valence-electron chi connectivity index (χ3n) is 0.744. The predicted molar refractivity (Wildman–Crippen MR) is 38.8 cm³/mol. The van der Waals surface area contributed by atoms with E-state index < -0.39 is 5.97 Å². The summed E-state index contributed by atoms with van der Waals surface area (Å²) in [5.74, 6) is -0.693. The van der Waals surface area contributed by atoms with E-state index in [9.17, 15) is 4.79 Å². The topological polar surface area (TPSA) is 37.3 Å². The van der Waals surface area contributed by atoms with Crippen molar-refractivity contribution >= 4 is 33.9 Å².